The minimum atomic E-state index is -4.49. The van der Waals surface area contributed by atoms with Gasteiger partial charge in [0.05, 0.1) is 11.3 Å². The first-order valence-electron chi connectivity index (χ1n) is 7.84. The number of hydrogen-bond donors (Lipinski definition) is 3. The first kappa shape index (κ1) is 20.6. The summed E-state index contributed by atoms with van der Waals surface area (Å²) in [4.78, 5) is 31.6. The van der Waals surface area contributed by atoms with Crippen LogP contribution in [0.3, 0.4) is 0 Å². The van der Waals surface area contributed by atoms with Crippen LogP contribution in [0.2, 0.25) is 5.02 Å². The number of anilines is 1. The van der Waals surface area contributed by atoms with Crippen molar-refractivity contribution < 1.29 is 22.8 Å². The fourth-order valence-corrected chi connectivity index (χ4v) is 2.96. The molecule has 0 saturated carbocycles. The zero-order valence-corrected chi connectivity index (χ0v) is 15.8. The van der Waals surface area contributed by atoms with Gasteiger partial charge in [0, 0.05) is 22.3 Å². The number of hydrazine groups is 1. The number of nitrogens with one attached hydrogen (secondary N) is 3. The molecule has 2 aromatic heterocycles. The average molecular weight is 442 g/mol. The summed E-state index contributed by atoms with van der Waals surface area (Å²) < 4.78 is 37.8. The van der Waals surface area contributed by atoms with Gasteiger partial charge in [-0.25, -0.2) is 15.2 Å². The number of pyridine rings is 1. The predicted molar refractivity (Wildman–Crippen MR) is 101 cm³/mol. The Kier molecular flexibility index (Phi) is 5.99. The molecule has 0 aliphatic rings. The van der Waals surface area contributed by atoms with E-state index in [0.717, 1.165) is 17.4 Å². The van der Waals surface area contributed by atoms with E-state index in [2.05, 4.69) is 26.1 Å². The number of alkyl halides is 3. The molecule has 0 spiro atoms. The van der Waals surface area contributed by atoms with E-state index in [1.165, 1.54) is 11.4 Å². The maximum absolute atomic E-state index is 12.6. The summed E-state index contributed by atoms with van der Waals surface area (Å²) >= 11 is 6.77. The molecule has 0 unspecified atom stereocenters. The summed E-state index contributed by atoms with van der Waals surface area (Å²) in [5, 5.41) is 4.64. The van der Waals surface area contributed by atoms with Gasteiger partial charge in [-0.2, -0.15) is 13.2 Å². The molecule has 29 heavy (non-hydrogen) atoms. The zero-order chi connectivity index (χ0) is 21.0. The first-order valence-corrected chi connectivity index (χ1v) is 9.10. The molecule has 3 amide bonds. The second kappa shape index (κ2) is 8.45. The highest BCUT2D eigenvalue weighted by atomic mass is 35.5. The van der Waals surface area contributed by atoms with E-state index in [0.29, 0.717) is 16.9 Å². The van der Waals surface area contributed by atoms with Crippen LogP contribution >= 0.6 is 22.9 Å². The minimum Gasteiger partial charge on any atom is -0.307 e. The molecule has 0 aliphatic heterocycles. The Balaban J connectivity index is 1.57. The number of carbonyl (C=O) groups excluding carboxylic acids is 2. The lowest BCUT2D eigenvalue weighted by Crippen LogP contribution is -2.44. The van der Waals surface area contributed by atoms with Gasteiger partial charge in [0.1, 0.15) is 10.7 Å². The Morgan fingerprint density at radius 3 is 2.38 bits per heavy atom. The minimum absolute atomic E-state index is 0.0292. The highest BCUT2D eigenvalue weighted by Crippen LogP contribution is 2.30. The van der Waals surface area contributed by atoms with Crippen molar-refractivity contribution in [2.45, 2.75) is 6.18 Å². The quantitative estimate of drug-likeness (QED) is 0.527. The van der Waals surface area contributed by atoms with Crippen LogP contribution in [0.1, 0.15) is 16.1 Å². The van der Waals surface area contributed by atoms with Gasteiger partial charge in [0.15, 0.2) is 0 Å². The molecule has 1 aromatic carbocycles. The first-order chi connectivity index (χ1) is 13.7. The van der Waals surface area contributed by atoms with Gasteiger partial charge < -0.3 is 5.32 Å². The highest BCUT2D eigenvalue weighted by Gasteiger charge is 2.30. The predicted octanol–water partition coefficient (Wildman–Crippen LogP) is 4.34. The van der Waals surface area contributed by atoms with Crippen molar-refractivity contribution in [2.75, 3.05) is 5.32 Å². The molecule has 3 N–H and O–H groups in total. The number of rotatable bonds is 3. The summed E-state index contributed by atoms with van der Waals surface area (Å²) in [7, 11) is 0. The summed E-state index contributed by atoms with van der Waals surface area (Å²) in [6.45, 7) is 0. The Hall–Kier alpha value is -3.18. The van der Waals surface area contributed by atoms with E-state index in [9.17, 15) is 22.8 Å². The van der Waals surface area contributed by atoms with Gasteiger partial charge in [-0.15, -0.1) is 11.3 Å². The van der Waals surface area contributed by atoms with E-state index < -0.39 is 23.7 Å². The molecule has 3 rings (SSSR count). The van der Waals surface area contributed by atoms with Crippen molar-refractivity contribution in [1.82, 2.24) is 20.8 Å². The smallest absolute Gasteiger partial charge is 0.307 e. The van der Waals surface area contributed by atoms with Gasteiger partial charge in [-0.3, -0.25) is 15.2 Å². The van der Waals surface area contributed by atoms with Crippen LogP contribution in [0.15, 0.2) is 48.0 Å². The standard InChI is InChI=1S/C17H11ClF3N5O2S/c18-10-2-4-11(5-3-10)23-16(28)26-25-14(27)13-8-29-15(24-13)12-6-1-9(7-22-12)17(19,20)21/h1-8H,(H,25,27)(H2,23,26,28). The van der Waals surface area contributed by atoms with Crippen LogP contribution in [-0.2, 0) is 6.18 Å². The summed E-state index contributed by atoms with van der Waals surface area (Å²) in [5.74, 6) is -0.703. The van der Waals surface area contributed by atoms with Crippen molar-refractivity contribution in [1.29, 1.82) is 0 Å². The molecule has 12 heteroatoms. The second-order valence-electron chi connectivity index (χ2n) is 5.51. The van der Waals surface area contributed by atoms with Gasteiger partial charge in [-0.05, 0) is 36.4 Å². The average Bonchev–Trinajstić information content (AvgIpc) is 3.18. The third-order valence-corrected chi connectivity index (χ3v) is 4.56. The fourth-order valence-electron chi connectivity index (χ4n) is 2.06. The van der Waals surface area contributed by atoms with Crippen LogP contribution in [-0.4, -0.2) is 21.9 Å². The molecule has 0 atom stereocenters. The van der Waals surface area contributed by atoms with Gasteiger partial charge >= 0.3 is 12.2 Å². The van der Waals surface area contributed by atoms with Crippen LogP contribution < -0.4 is 16.2 Å². The second-order valence-corrected chi connectivity index (χ2v) is 6.80. The Labute approximate surface area is 170 Å². The Morgan fingerprint density at radius 1 is 1.03 bits per heavy atom. The van der Waals surface area contributed by atoms with Gasteiger partial charge in [-0.1, -0.05) is 11.6 Å². The van der Waals surface area contributed by atoms with Crippen molar-refractivity contribution in [3.05, 3.63) is 64.3 Å². The number of amides is 3. The lowest BCUT2D eigenvalue weighted by molar-refractivity contribution is -0.137. The van der Waals surface area contributed by atoms with E-state index in [-0.39, 0.29) is 16.4 Å². The molecule has 7 nitrogen and oxygen atoms in total. The Bertz CT molecular complexity index is 1020. The number of nitrogens with zero attached hydrogens (tertiary/aromatic N) is 2. The maximum atomic E-state index is 12.6. The van der Waals surface area contributed by atoms with Crippen LogP contribution in [0.4, 0.5) is 23.7 Å². The molecular weight excluding hydrogens is 431 g/mol. The Morgan fingerprint density at radius 2 is 1.76 bits per heavy atom. The normalized spacial score (nSPS) is 11.0. The molecular formula is C17H11ClF3N5O2S. The topological polar surface area (TPSA) is 96.0 Å². The van der Waals surface area contributed by atoms with Gasteiger partial charge in [0.2, 0.25) is 0 Å². The number of benzene rings is 1. The highest BCUT2D eigenvalue weighted by molar-refractivity contribution is 7.13. The number of hydrogen-bond acceptors (Lipinski definition) is 5. The third-order valence-electron chi connectivity index (χ3n) is 3.44. The molecule has 0 radical (unpaired) electrons. The molecule has 0 aliphatic carbocycles. The molecule has 150 valence electrons. The fraction of sp³-hybridized carbons (Fsp3) is 0.0588. The van der Waals surface area contributed by atoms with Crippen molar-refractivity contribution in [2.24, 2.45) is 0 Å². The van der Waals surface area contributed by atoms with E-state index >= 15 is 0 Å². The number of halogens is 4. The van der Waals surface area contributed by atoms with Crippen LogP contribution in [0.25, 0.3) is 10.7 Å². The van der Waals surface area contributed by atoms with Crippen LogP contribution in [0, 0.1) is 0 Å². The summed E-state index contributed by atoms with van der Waals surface area (Å²) in [6.07, 6.45) is -3.79. The molecule has 2 heterocycles. The lowest BCUT2D eigenvalue weighted by Gasteiger charge is -2.08. The van der Waals surface area contributed by atoms with Crippen molar-refractivity contribution >= 4 is 40.6 Å². The number of aromatic nitrogens is 2. The molecule has 3 aromatic rings. The lowest BCUT2D eigenvalue weighted by atomic mass is 10.2. The van der Waals surface area contributed by atoms with E-state index in [1.54, 1.807) is 24.3 Å². The third kappa shape index (κ3) is 5.42. The largest absolute Gasteiger partial charge is 0.417 e. The van der Waals surface area contributed by atoms with Crippen molar-refractivity contribution in [3.63, 3.8) is 0 Å². The number of thiazole rings is 1. The molecule has 0 bridgehead atoms. The summed E-state index contributed by atoms with van der Waals surface area (Å²) in [6, 6.07) is 7.68. The van der Waals surface area contributed by atoms with Gasteiger partial charge in [0.25, 0.3) is 5.91 Å². The monoisotopic (exact) mass is 441 g/mol. The molecule has 0 fully saturated rings. The van der Waals surface area contributed by atoms with E-state index in [1.807, 2.05) is 0 Å². The van der Waals surface area contributed by atoms with Crippen molar-refractivity contribution in [3.8, 4) is 10.7 Å². The van der Waals surface area contributed by atoms with Crippen LogP contribution in [0.5, 0.6) is 0 Å². The summed E-state index contributed by atoms with van der Waals surface area (Å²) in [5.41, 5.74) is 4.07. The zero-order valence-electron chi connectivity index (χ0n) is 14.2. The maximum Gasteiger partial charge on any atom is 0.417 e. The number of carbonyl (C=O) groups is 2. The van der Waals surface area contributed by atoms with E-state index in [4.69, 9.17) is 11.6 Å². The SMILES string of the molecule is O=C(NNC(=O)c1csc(-c2ccc(C(F)(F)F)cn2)n1)Nc1ccc(Cl)cc1. The number of urea groups is 1. The molecule has 0 saturated heterocycles.